The molecule has 0 spiro atoms. The van der Waals surface area contributed by atoms with Crippen molar-refractivity contribution in [2.45, 2.75) is 32.2 Å². The van der Waals surface area contributed by atoms with E-state index < -0.39 is 0 Å². The molecule has 3 heteroatoms. The van der Waals surface area contributed by atoms with Crippen molar-refractivity contribution in [1.82, 2.24) is 4.57 Å². The van der Waals surface area contributed by atoms with Crippen LogP contribution in [-0.2, 0) is 12.3 Å². The molecule has 1 heterocycles. The number of thioether (sulfide) groups is 1. The molecule has 0 fully saturated rings. The summed E-state index contributed by atoms with van der Waals surface area (Å²) < 4.78 is 2.35. The number of benzene rings is 1. The molecule has 0 bridgehead atoms. The summed E-state index contributed by atoms with van der Waals surface area (Å²) in [5.41, 5.74) is 9.82. The molecular formula is C14H20N2S. The Kier molecular flexibility index (Phi) is 3.79. The van der Waals surface area contributed by atoms with E-state index in [1.54, 1.807) is 0 Å². The minimum absolute atomic E-state index is 0.473. The zero-order valence-electron chi connectivity index (χ0n) is 10.7. The largest absolute Gasteiger partial charge is 0.344 e. The normalized spacial score (nSPS) is 11.6. The van der Waals surface area contributed by atoms with Gasteiger partial charge in [0.25, 0.3) is 0 Å². The van der Waals surface area contributed by atoms with Crippen LogP contribution in [0.1, 0.15) is 31.0 Å². The lowest BCUT2D eigenvalue weighted by Crippen LogP contribution is -2.03. The van der Waals surface area contributed by atoms with Crippen molar-refractivity contribution in [3.05, 3.63) is 35.5 Å². The maximum Gasteiger partial charge on any atom is 0.0531 e. The monoisotopic (exact) mass is 248 g/mol. The Morgan fingerprint density at radius 3 is 2.65 bits per heavy atom. The molecule has 17 heavy (non-hydrogen) atoms. The number of aromatic nitrogens is 1. The first-order chi connectivity index (χ1) is 8.19. The van der Waals surface area contributed by atoms with E-state index in [2.05, 4.69) is 49.1 Å². The van der Waals surface area contributed by atoms with Crippen LogP contribution in [0.2, 0.25) is 0 Å². The zero-order valence-corrected chi connectivity index (χ0v) is 11.6. The Hall–Kier alpha value is -0.930. The predicted molar refractivity (Wildman–Crippen MR) is 77.4 cm³/mol. The van der Waals surface area contributed by atoms with Crippen molar-refractivity contribution in [3.8, 4) is 0 Å². The van der Waals surface area contributed by atoms with Gasteiger partial charge in [0.2, 0.25) is 0 Å². The Bertz CT molecular complexity index is 514. The van der Waals surface area contributed by atoms with Gasteiger partial charge in [0.1, 0.15) is 0 Å². The third-order valence-corrected chi connectivity index (χ3v) is 3.69. The highest BCUT2D eigenvalue weighted by Gasteiger charge is 2.12. The summed E-state index contributed by atoms with van der Waals surface area (Å²) in [7, 11) is 0. The Morgan fingerprint density at radius 1 is 1.29 bits per heavy atom. The van der Waals surface area contributed by atoms with E-state index in [1.165, 1.54) is 22.0 Å². The summed E-state index contributed by atoms with van der Waals surface area (Å²) in [6, 6.07) is 6.92. The maximum absolute atomic E-state index is 5.85. The molecule has 0 aliphatic rings. The van der Waals surface area contributed by atoms with Crippen molar-refractivity contribution >= 4 is 22.7 Å². The molecular weight excluding hydrogens is 228 g/mol. The van der Waals surface area contributed by atoms with Gasteiger partial charge in [0, 0.05) is 29.9 Å². The second-order valence-corrected chi connectivity index (χ2v) is 5.47. The number of rotatable bonds is 4. The van der Waals surface area contributed by atoms with Gasteiger partial charge in [-0.05, 0) is 31.2 Å². The summed E-state index contributed by atoms with van der Waals surface area (Å²) in [6.07, 6.45) is 4.43. The van der Waals surface area contributed by atoms with Gasteiger partial charge in [-0.25, -0.2) is 0 Å². The predicted octanol–water partition coefficient (Wildman–Crippen LogP) is 3.54. The molecule has 1 aromatic heterocycles. The van der Waals surface area contributed by atoms with Gasteiger partial charge in [-0.1, -0.05) is 18.2 Å². The van der Waals surface area contributed by atoms with Crippen molar-refractivity contribution in [3.63, 3.8) is 0 Å². The average molecular weight is 248 g/mol. The summed E-state index contributed by atoms with van der Waals surface area (Å²) in [6.45, 7) is 5.04. The Balaban J connectivity index is 2.71. The fourth-order valence-corrected chi connectivity index (χ4v) is 2.84. The van der Waals surface area contributed by atoms with Gasteiger partial charge in [-0.3, -0.25) is 0 Å². The first-order valence-electron chi connectivity index (χ1n) is 5.99. The smallest absolute Gasteiger partial charge is 0.0531 e. The number of hydrogen-bond acceptors (Lipinski definition) is 2. The van der Waals surface area contributed by atoms with Gasteiger partial charge in [-0.15, -0.1) is 0 Å². The van der Waals surface area contributed by atoms with Gasteiger partial charge < -0.3 is 10.3 Å². The van der Waals surface area contributed by atoms with Crippen LogP contribution in [0.3, 0.4) is 0 Å². The van der Waals surface area contributed by atoms with E-state index >= 15 is 0 Å². The molecule has 2 rings (SSSR count). The Labute approximate surface area is 107 Å². The highest BCUT2D eigenvalue weighted by atomic mass is 32.2. The SMILES string of the molecule is CSCc1cn(C(C)C)c2c(CN)cccc12. The van der Waals surface area contributed by atoms with E-state index in [9.17, 15) is 0 Å². The number of fused-ring (bicyclic) bond motifs is 1. The molecule has 0 aliphatic carbocycles. The third-order valence-electron chi connectivity index (χ3n) is 3.09. The van der Waals surface area contributed by atoms with E-state index in [-0.39, 0.29) is 0 Å². The second kappa shape index (κ2) is 5.15. The molecule has 0 unspecified atom stereocenters. The van der Waals surface area contributed by atoms with Crippen LogP contribution in [0.5, 0.6) is 0 Å². The van der Waals surface area contributed by atoms with Crippen LogP contribution >= 0.6 is 11.8 Å². The second-order valence-electron chi connectivity index (χ2n) is 4.61. The minimum Gasteiger partial charge on any atom is -0.344 e. The van der Waals surface area contributed by atoms with Crippen molar-refractivity contribution in [1.29, 1.82) is 0 Å². The van der Waals surface area contributed by atoms with E-state index in [0.717, 1.165) is 5.75 Å². The third kappa shape index (κ3) is 2.22. The van der Waals surface area contributed by atoms with Crippen LogP contribution in [0.25, 0.3) is 10.9 Å². The number of nitrogens with two attached hydrogens (primary N) is 1. The number of hydrogen-bond donors (Lipinski definition) is 1. The molecule has 0 radical (unpaired) electrons. The molecule has 1 aromatic carbocycles. The lowest BCUT2D eigenvalue weighted by molar-refractivity contribution is 0.620. The number of para-hydroxylation sites is 1. The minimum atomic E-state index is 0.473. The molecule has 0 amide bonds. The summed E-state index contributed by atoms with van der Waals surface area (Å²) in [5, 5.41) is 1.36. The van der Waals surface area contributed by atoms with Crippen LogP contribution in [0, 0.1) is 0 Å². The standard InChI is InChI=1S/C14H20N2S/c1-10(2)16-8-12(9-17-3)13-6-4-5-11(7-15)14(13)16/h4-6,8,10H,7,9,15H2,1-3H3. The fourth-order valence-electron chi connectivity index (χ4n) is 2.30. The Morgan fingerprint density at radius 2 is 2.06 bits per heavy atom. The lowest BCUT2D eigenvalue weighted by Gasteiger charge is -2.11. The molecule has 0 saturated carbocycles. The van der Waals surface area contributed by atoms with Crippen LogP contribution < -0.4 is 5.73 Å². The first-order valence-corrected chi connectivity index (χ1v) is 7.38. The van der Waals surface area contributed by atoms with Crippen LogP contribution in [-0.4, -0.2) is 10.8 Å². The quantitative estimate of drug-likeness (QED) is 0.897. The highest BCUT2D eigenvalue weighted by molar-refractivity contribution is 7.97. The van der Waals surface area contributed by atoms with Crippen molar-refractivity contribution in [2.24, 2.45) is 5.73 Å². The van der Waals surface area contributed by atoms with Crippen LogP contribution in [0.4, 0.5) is 0 Å². The maximum atomic E-state index is 5.85. The zero-order chi connectivity index (χ0) is 12.4. The first kappa shape index (κ1) is 12.5. The lowest BCUT2D eigenvalue weighted by atomic mass is 10.1. The number of nitrogens with zero attached hydrogens (tertiary/aromatic N) is 1. The van der Waals surface area contributed by atoms with Gasteiger partial charge in [-0.2, -0.15) is 11.8 Å². The molecule has 0 aliphatic heterocycles. The highest BCUT2D eigenvalue weighted by Crippen LogP contribution is 2.29. The molecule has 0 saturated heterocycles. The summed E-state index contributed by atoms with van der Waals surface area (Å²) in [5.74, 6) is 1.06. The molecule has 92 valence electrons. The van der Waals surface area contributed by atoms with Crippen LogP contribution in [0.15, 0.2) is 24.4 Å². The summed E-state index contributed by atoms with van der Waals surface area (Å²) >= 11 is 1.86. The van der Waals surface area contributed by atoms with E-state index in [0.29, 0.717) is 12.6 Å². The average Bonchev–Trinajstić information content (AvgIpc) is 2.69. The molecule has 2 aromatic rings. The van der Waals surface area contributed by atoms with E-state index in [4.69, 9.17) is 5.73 Å². The van der Waals surface area contributed by atoms with Gasteiger partial charge in [0.05, 0.1) is 5.52 Å². The van der Waals surface area contributed by atoms with Gasteiger partial charge in [0.15, 0.2) is 0 Å². The fraction of sp³-hybridized carbons (Fsp3) is 0.429. The van der Waals surface area contributed by atoms with Crippen molar-refractivity contribution < 1.29 is 0 Å². The van der Waals surface area contributed by atoms with E-state index in [1.807, 2.05) is 11.8 Å². The molecule has 2 N–H and O–H groups in total. The van der Waals surface area contributed by atoms with Gasteiger partial charge >= 0.3 is 0 Å². The molecule has 0 atom stereocenters. The van der Waals surface area contributed by atoms with Crippen molar-refractivity contribution in [2.75, 3.05) is 6.26 Å². The topological polar surface area (TPSA) is 30.9 Å². The summed E-state index contributed by atoms with van der Waals surface area (Å²) in [4.78, 5) is 0. The molecule has 2 nitrogen and oxygen atoms in total.